The Balaban J connectivity index is 1.50. The summed E-state index contributed by atoms with van der Waals surface area (Å²) in [5.74, 6) is 1.23. The van der Waals surface area contributed by atoms with Gasteiger partial charge in [-0.05, 0) is 43.0 Å². The van der Waals surface area contributed by atoms with Gasteiger partial charge < -0.3 is 15.0 Å². The fourth-order valence-electron chi connectivity index (χ4n) is 4.16. The Labute approximate surface area is 168 Å². The minimum absolute atomic E-state index is 0.00268. The predicted octanol–water partition coefficient (Wildman–Crippen LogP) is 3.72. The summed E-state index contributed by atoms with van der Waals surface area (Å²) in [7, 11) is 1.69. The van der Waals surface area contributed by atoms with Gasteiger partial charge in [0.15, 0.2) is 0 Å². The molecule has 7 heteroatoms. The number of piperidine rings is 1. The maximum atomic E-state index is 11.8. The van der Waals surface area contributed by atoms with Crippen LogP contribution in [0.15, 0.2) is 36.0 Å². The van der Waals surface area contributed by atoms with Crippen LogP contribution in [-0.2, 0) is 11.3 Å². The third kappa shape index (κ3) is 4.05. The monoisotopic (exact) mass is 398 g/mol. The fourth-order valence-corrected chi connectivity index (χ4v) is 4.94. The first kappa shape index (κ1) is 19.0. The average molecular weight is 399 g/mol. The van der Waals surface area contributed by atoms with Crippen LogP contribution in [0.25, 0.3) is 10.9 Å². The molecule has 0 radical (unpaired) electrons. The quantitative estimate of drug-likeness (QED) is 0.664. The van der Waals surface area contributed by atoms with Crippen LogP contribution in [0.3, 0.4) is 0 Å². The van der Waals surface area contributed by atoms with Crippen molar-refractivity contribution in [3.63, 3.8) is 0 Å². The highest BCUT2D eigenvalue weighted by atomic mass is 32.1. The van der Waals surface area contributed by atoms with E-state index in [1.165, 1.54) is 10.9 Å². The third-order valence-electron chi connectivity index (χ3n) is 5.46. The molecule has 0 unspecified atom stereocenters. The first-order valence-corrected chi connectivity index (χ1v) is 10.5. The second-order valence-corrected chi connectivity index (χ2v) is 8.34. The fraction of sp³-hybridized carbons (Fsp3) is 0.429. The van der Waals surface area contributed by atoms with Crippen LogP contribution in [0.4, 0.5) is 0 Å². The molecule has 1 aliphatic heterocycles. The van der Waals surface area contributed by atoms with Crippen molar-refractivity contribution < 1.29 is 9.53 Å². The Morgan fingerprint density at radius 2 is 2.39 bits per heavy atom. The largest absolute Gasteiger partial charge is 0.497 e. The van der Waals surface area contributed by atoms with Crippen molar-refractivity contribution in [1.29, 1.82) is 0 Å². The number of rotatable bonds is 6. The summed E-state index contributed by atoms with van der Waals surface area (Å²) < 4.78 is 5.32. The van der Waals surface area contributed by atoms with Gasteiger partial charge in [-0.1, -0.05) is 0 Å². The van der Waals surface area contributed by atoms with Gasteiger partial charge in [-0.25, -0.2) is 4.98 Å². The molecule has 6 nitrogen and oxygen atoms in total. The minimum Gasteiger partial charge on any atom is -0.497 e. The molecular formula is C21H26N4O2S. The molecule has 2 atom stereocenters. The maximum absolute atomic E-state index is 11.8. The van der Waals surface area contributed by atoms with Gasteiger partial charge in [0.1, 0.15) is 10.8 Å². The van der Waals surface area contributed by atoms with Crippen LogP contribution < -0.4 is 10.1 Å². The van der Waals surface area contributed by atoms with Crippen molar-refractivity contribution >= 4 is 28.1 Å². The van der Waals surface area contributed by atoms with E-state index in [1.54, 1.807) is 25.4 Å². The number of carbonyl (C=O) groups is 1. The molecule has 1 saturated heterocycles. The number of methoxy groups -OCH3 is 1. The van der Waals surface area contributed by atoms with E-state index in [2.05, 4.69) is 32.4 Å². The number of carbonyl (C=O) groups excluding carboxylic acids is 1. The molecular weight excluding hydrogens is 372 g/mol. The molecule has 0 spiro atoms. The lowest BCUT2D eigenvalue weighted by Gasteiger charge is -2.36. The number of thiazole rings is 1. The van der Waals surface area contributed by atoms with E-state index in [9.17, 15) is 4.79 Å². The number of amides is 1. The highest BCUT2D eigenvalue weighted by Crippen LogP contribution is 2.32. The standard InChI is InChI=1S/C21H26N4O2S/c1-14(26)24-20(21-22-7-9-28-21)15-4-3-8-25(12-15)13-16-11-23-19-10-17(27-2)5-6-18(16)19/h5-7,9-11,15,20,23H,3-4,8,12-13H2,1-2H3,(H,24,26)/t15-,20+/m1/s1. The maximum Gasteiger partial charge on any atom is 0.217 e. The van der Waals surface area contributed by atoms with Gasteiger partial charge in [0.2, 0.25) is 5.91 Å². The number of aromatic nitrogens is 2. The van der Waals surface area contributed by atoms with Gasteiger partial charge in [0.05, 0.1) is 13.2 Å². The van der Waals surface area contributed by atoms with Gasteiger partial charge in [-0.2, -0.15) is 0 Å². The molecule has 1 fully saturated rings. The van der Waals surface area contributed by atoms with E-state index < -0.39 is 0 Å². The highest BCUT2D eigenvalue weighted by Gasteiger charge is 2.30. The zero-order valence-corrected chi connectivity index (χ0v) is 17.1. The summed E-state index contributed by atoms with van der Waals surface area (Å²) >= 11 is 1.62. The van der Waals surface area contributed by atoms with E-state index in [-0.39, 0.29) is 11.9 Å². The number of H-pyrrole nitrogens is 1. The molecule has 2 aromatic heterocycles. The number of hydrogen-bond acceptors (Lipinski definition) is 5. The SMILES string of the molecule is COc1ccc2c(CN3CCC[C@@H]([C@H](NC(C)=O)c4nccs4)C3)c[nH]c2c1. The average Bonchev–Trinajstić information content (AvgIpc) is 3.36. The number of nitrogens with zero attached hydrogens (tertiary/aromatic N) is 2. The summed E-state index contributed by atoms with van der Waals surface area (Å²) in [6.07, 6.45) is 6.14. The normalized spacial score (nSPS) is 18.9. The van der Waals surface area contributed by atoms with Crippen molar-refractivity contribution in [2.24, 2.45) is 5.92 Å². The Morgan fingerprint density at radius 1 is 1.50 bits per heavy atom. The first-order valence-electron chi connectivity index (χ1n) is 9.67. The zero-order valence-electron chi connectivity index (χ0n) is 16.3. The van der Waals surface area contributed by atoms with Crippen molar-refractivity contribution in [3.05, 3.63) is 46.5 Å². The van der Waals surface area contributed by atoms with Crippen molar-refractivity contribution in [3.8, 4) is 5.75 Å². The molecule has 28 heavy (non-hydrogen) atoms. The molecule has 0 aliphatic carbocycles. The van der Waals surface area contributed by atoms with E-state index in [0.29, 0.717) is 5.92 Å². The molecule has 0 bridgehead atoms. The van der Waals surface area contributed by atoms with Gasteiger partial charge >= 0.3 is 0 Å². The number of hydrogen-bond donors (Lipinski definition) is 2. The van der Waals surface area contributed by atoms with E-state index in [0.717, 1.165) is 48.7 Å². The lowest BCUT2D eigenvalue weighted by atomic mass is 9.90. The number of likely N-dealkylation sites (tertiary alicyclic amines) is 1. The van der Waals surface area contributed by atoms with E-state index >= 15 is 0 Å². The Bertz CT molecular complexity index is 937. The Kier molecular flexibility index (Phi) is 5.64. The topological polar surface area (TPSA) is 70.2 Å². The lowest BCUT2D eigenvalue weighted by Crippen LogP contribution is -2.42. The number of ether oxygens (including phenoxy) is 1. The Morgan fingerprint density at radius 3 is 3.14 bits per heavy atom. The molecule has 0 saturated carbocycles. The predicted molar refractivity (Wildman–Crippen MR) is 112 cm³/mol. The molecule has 2 N–H and O–H groups in total. The smallest absolute Gasteiger partial charge is 0.217 e. The summed E-state index contributed by atoms with van der Waals surface area (Å²) in [5.41, 5.74) is 2.39. The van der Waals surface area contributed by atoms with Crippen molar-refractivity contribution in [2.75, 3.05) is 20.2 Å². The molecule has 1 aromatic carbocycles. The minimum atomic E-state index is -0.00692. The summed E-state index contributed by atoms with van der Waals surface area (Å²) in [6.45, 7) is 4.51. The van der Waals surface area contributed by atoms with Gasteiger partial charge in [0.25, 0.3) is 0 Å². The van der Waals surface area contributed by atoms with Gasteiger partial charge in [-0.3, -0.25) is 9.69 Å². The molecule has 3 aromatic rings. The number of aromatic amines is 1. The molecule has 3 heterocycles. The number of benzene rings is 1. The highest BCUT2D eigenvalue weighted by molar-refractivity contribution is 7.09. The molecule has 1 amide bonds. The van der Waals surface area contributed by atoms with Gasteiger partial charge in [-0.15, -0.1) is 11.3 Å². The van der Waals surface area contributed by atoms with Crippen molar-refractivity contribution in [2.45, 2.75) is 32.4 Å². The van der Waals surface area contributed by atoms with Crippen LogP contribution in [0.1, 0.15) is 36.4 Å². The lowest BCUT2D eigenvalue weighted by molar-refractivity contribution is -0.120. The third-order valence-corrected chi connectivity index (χ3v) is 6.32. The molecule has 1 aliphatic rings. The van der Waals surface area contributed by atoms with Crippen LogP contribution in [0.5, 0.6) is 5.75 Å². The van der Waals surface area contributed by atoms with Gasteiger partial charge in [0, 0.05) is 54.8 Å². The summed E-state index contributed by atoms with van der Waals surface area (Å²) in [4.78, 5) is 22.1. The Hall–Kier alpha value is -2.38. The first-order chi connectivity index (χ1) is 13.6. The molecule has 148 valence electrons. The van der Waals surface area contributed by atoms with Crippen molar-refractivity contribution in [1.82, 2.24) is 20.2 Å². The van der Waals surface area contributed by atoms with Crippen LogP contribution in [0.2, 0.25) is 0 Å². The van der Waals surface area contributed by atoms with Crippen LogP contribution >= 0.6 is 11.3 Å². The number of nitrogens with one attached hydrogen (secondary N) is 2. The molecule has 4 rings (SSSR count). The second kappa shape index (κ2) is 8.32. The zero-order chi connectivity index (χ0) is 19.5. The number of fused-ring (bicyclic) bond motifs is 1. The summed E-state index contributed by atoms with van der Waals surface area (Å²) in [6, 6.07) is 6.16. The second-order valence-electron chi connectivity index (χ2n) is 7.41. The summed E-state index contributed by atoms with van der Waals surface area (Å²) in [5, 5.41) is 7.35. The van der Waals surface area contributed by atoms with E-state index in [4.69, 9.17) is 4.74 Å². The van der Waals surface area contributed by atoms with Crippen LogP contribution in [0, 0.1) is 5.92 Å². The van der Waals surface area contributed by atoms with E-state index in [1.807, 2.05) is 23.7 Å². The van der Waals surface area contributed by atoms with Crippen LogP contribution in [-0.4, -0.2) is 41.0 Å².